The highest BCUT2D eigenvalue weighted by Crippen LogP contribution is 2.11. The summed E-state index contributed by atoms with van der Waals surface area (Å²) in [6, 6.07) is 0. The molecular weight excluding hydrogens is 182 g/mol. The Labute approximate surface area is 80.8 Å². The van der Waals surface area contributed by atoms with Gasteiger partial charge < -0.3 is 15.1 Å². The summed E-state index contributed by atoms with van der Waals surface area (Å²) in [5.74, 6) is 0.597. The zero-order valence-electron chi connectivity index (χ0n) is 7.84. The van der Waals surface area contributed by atoms with E-state index in [-0.39, 0.29) is 0 Å². The molecule has 0 aromatic carbocycles. The summed E-state index contributed by atoms with van der Waals surface area (Å²) in [5.41, 5.74) is 6.59. The summed E-state index contributed by atoms with van der Waals surface area (Å²) in [7, 11) is 1.88. The van der Waals surface area contributed by atoms with Crippen molar-refractivity contribution in [3.63, 3.8) is 0 Å². The summed E-state index contributed by atoms with van der Waals surface area (Å²) in [5, 5.41) is 0. The fraction of sp³-hybridized carbons (Fsp3) is 0.375. The van der Waals surface area contributed by atoms with Crippen molar-refractivity contribution in [3.05, 3.63) is 12.6 Å². The third-order valence-corrected chi connectivity index (χ3v) is 1.89. The Morgan fingerprint density at radius 1 is 1.50 bits per heavy atom. The maximum atomic E-state index is 5.43. The Bertz CT molecular complexity index is 426. The van der Waals surface area contributed by atoms with Gasteiger partial charge in [0.1, 0.15) is 5.52 Å². The predicted molar refractivity (Wildman–Crippen MR) is 51.9 cm³/mol. The summed E-state index contributed by atoms with van der Waals surface area (Å²) in [4.78, 5) is 14.1. The van der Waals surface area contributed by atoms with E-state index in [4.69, 9.17) is 10.2 Å². The Hall–Kier alpha value is -1.69. The number of aromatic nitrogens is 3. The minimum absolute atomic E-state index is 0.499. The molecule has 0 fully saturated rings. The van der Waals surface area contributed by atoms with E-state index in [1.165, 1.54) is 6.39 Å². The van der Waals surface area contributed by atoms with Crippen molar-refractivity contribution in [3.8, 4) is 0 Å². The highest BCUT2D eigenvalue weighted by molar-refractivity contribution is 5.67. The lowest BCUT2D eigenvalue weighted by Gasteiger charge is -2.14. The van der Waals surface area contributed by atoms with Crippen molar-refractivity contribution in [2.75, 3.05) is 25.0 Å². The second kappa shape index (κ2) is 3.59. The van der Waals surface area contributed by atoms with Gasteiger partial charge >= 0.3 is 0 Å². The van der Waals surface area contributed by atoms with Gasteiger partial charge in [-0.3, -0.25) is 0 Å². The Morgan fingerprint density at radius 2 is 2.36 bits per heavy atom. The van der Waals surface area contributed by atoms with Gasteiger partial charge in [0.15, 0.2) is 6.39 Å². The third kappa shape index (κ3) is 1.51. The van der Waals surface area contributed by atoms with Gasteiger partial charge in [0.2, 0.25) is 5.95 Å². The lowest BCUT2D eigenvalue weighted by molar-refractivity contribution is 0.589. The summed E-state index contributed by atoms with van der Waals surface area (Å²) in [6.07, 6.45) is 2.99. The molecule has 0 bridgehead atoms. The number of hydrogen-bond acceptors (Lipinski definition) is 6. The highest BCUT2D eigenvalue weighted by Gasteiger charge is 2.06. The molecule has 6 heteroatoms. The van der Waals surface area contributed by atoms with Crippen LogP contribution < -0.4 is 10.6 Å². The number of oxazole rings is 1. The van der Waals surface area contributed by atoms with Crippen LogP contribution in [0.1, 0.15) is 0 Å². The van der Waals surface area contributed by atoms with E-state index in [9.17, 15) is 0 Å². The van der Waals surface area contributed by atoms with Crippen LogP contribution in [0.15, 0.2) is 17.0 Å². The quantitative estimate of drug-likeness (QED) is 0.739. The lowest BCUT2D eigenvalue weighted by Crippen LogP contribution is -2.26. The molecule has 0 aliphatic carbocycles. The van der Waals surface area contributed by atoms with Gasteiger partial charge in [0.25, 0.3) is 5.71 Å². The van der Waals surface area contributed by atoms with Crippen molar-refractivity contribution >= 4 is 17.2 Å². The van der Waals surface area contributed by atoms with E-state index in [1.807, 2.05) is 11.9 Å². The van der Waals surface area contributed by atoms with Crippen LogP contribution >= 0.6 is 0 Å². The van der Waals surface area contributed by atoms with E-state index < -0.39 is 0 Å². The molecule has 2 aromatic heterocycles. The number of fused-ring (bicyclic) bond motifs is 1. The largest absolute Gasteiger partial charge is 0.425 e. The van der Waals surface area contributed by atoms with Crippen molar-refractivity contribution in [2.45, 2.75) is 0 Å². The van der Waals surface area contributed by atoms with Crippen molar-refractivity contribution in [1.82, 2.24) is 15.0 Å². The smallest absolute Gasteiger partial charge is 0.251 e. The van der Waals surface area contributed by atoms with Crippen LogP contribution in [0.3, 0.4) is 0 Å². The Balaban J connectivity index is 2.33. The molecule has 0 radical (unpaired) electrons. The van der Waals surface area contributed by atoms with Gasteiger partial charge in [-0.25, -0.2) is 9.97 Å². The average molecular weight is 193 g/mol. The van der Waals surface area contributed by atoms with Gasteiger partial charge in [0.05, 0.1) is 6.20 Å². The van der Waals surface area contributed by atoms with Gasteiger partial charge in [-0.05, 0) is 0 Å². The molecule has 0 aliphatic rings. The molecule has 0 aliphatic heterocycles. The van der Waals surface area contributed by atoms with Gasteiger partial charge in [-0.2, -0.15) is 4.98 Å². The third-order valence-electron chi connectivity index (χ3n) is 1.89. The van der Waals surface area contributed by atoms with E-state index in [0.29, 0.717) is 30.3 Å². The van der Waals surface area contributed by atoms with Gasteiger partial charge in [-0.1, -0.05) is 0 Å². The van der Waals surface area contributed by atoms with Crippen LogP contribution in [-0.4, -0.2) is 35.1 Å². The molecule has 0 unspecified atom stereocenters. The van der Waals surface area contributed by atoms with Gasteiger partial charge in [-0.15, -0.1) is 0 Å². The molecule has 0 saturated heterocycles. The molecular formula is C8H11N5O. The topological polar surface area (TPSA) is 81.1 Å². The summed E-state index contributed by atoms with van der Waals surface area (Å²) >= 11 is 0. The van der Waals surface area contributed by atoms with Crippen LogP contribution in [0.5, 0.6) is 0 Å². The molecule has 14 heavy (non-hydrogen) atoms. The molecule has 0 spiro atoms. The number of likely N-dealkylation sites (N-methyl/N-ethyl adjacent to an activating group) is 1. The molecule has 0 atom stereocenters. The standard InChI is InChI=1S/C8H11N5O/c1-13(3-2-9)8-10-4-6-7(12-8)14-5-11-6/h4-5H,2-3,9H2,1H3. The zero-order valence-corrected chi connectivity index (χ0v) is 7.84. The number of nitrogens with two attached hydrogens (primary N) is 1. The molecule has 2 aromatic rings. The average Bonchev–Trinajstić information content (AvgIpc) is 2.64. The molecule has 2 N–H and O–H groups in total. The van der Waals surface area contributed by atoms with Crippen LogP contribution in [0.2, 0.25) is 0 Å². The second-order valence-electron chi connectivity index (χ2n) is 2.92. The van der Waals surface area contributed by atoms with E-state index in [0.717, 1.165) is 0 Å². The predicted octanol–water partition coefficient (Wildman–Crippen LogP) is 0.0127. The fourth-order valence-electron chi connectivity index (χ4n) is 1.14. The van der Waals surface area contributed by atoms with Crippen molar-refractivity contribution < 1.29 is 4.42 Å². The van der Waals surface area contributed by atoms with Crippen LogP contribution in [0.4, 0.5) is 5.95 Å². The van der Waals surface area contributed by atoms with Crippen molar-refractivity contribution in [1.29, 1.82) is 0 Å². The molecule has 74 valence electrons. The number of hydrogen-bond donors (Lipinski definition) is 1. The fourth-order valence-corrected chi connectivity index (χ4v) is 1.14. The van der Waals surface area contributed by atoms with Crippen LogP contribution in [0, 0.1) is 0 Å². The molecule has 6 nitrogen and oxygen atoms in total. The van der Waals surface area contributed by atoms with Crippen molar-refractivity contribution in [2.24, 2.45) is 5.73 Å². The normalized spacial score (nSPS) is 10.7. The first-order valence-corrected chi connectivity index (χ1v) is 4.28. The number of anilines is 1. The maximum Gasteiger partial charge on any atom is 0.251 e. The first-order valence-electron chi connectivity index (χ1n) is 4.28. The monoisotopic (exact) mass is 193 g/mol. The summed E-state index contributed by atoms with van der Waals surface area (Å²) < 4.78 is 5.07. The molecule has 2 rings (SSSR count). The molecule has 0 saturated carbocycles. The molecule has 0 amide bonds. The SMILES string of the molecule is CN(CCN)c1ncc2ncoc2n1. The van der Waals surface area contributed by atoms with Crippen LogP contribution in [-0.2, 0) is 0 Å². The first-order chi connectivity index (χ1) is 6.81. The van der Waals surface area contributed by atoms with Gasteiger partial charge in [0, 0.05) is 20.1 Å². The highest BCUT2D eigenvalue weighted by atomic mass is 16.3. The second-order valence-corrected chi connectivity index (χ2v) is 2.92. The first kappa shape index (κ1) is 8.89. The number of rotatable bonds is 3. The minimum Gasteiger partial charge on any atom is -0.425 e. The maximum absolute atomic E-state index is 5.43. The number of nitrogens with zero attached hydrogens (tertiary/aromatic N) is 4. The van der Waals surface area contributed by atoms with Crippen LogP contribution in [0.25, 0.3) is 11.2 Å². The van der Waals surface area contributed by atoms with E-state index in [2.05, 4.69) is 15.0 Å². The minimum atomic E-state index is 0.499. The van der Waals surface area contributed by atoms with E-state index in [1.54, 1.807) is 6.20 Å². The Morgan fingerprint density at radius 3 is 3.14 bits per heavy atom. The summed E-state index contributed by atoms with van der Waals surface area (Å²) in [6.45, 7) is 1.27. The van der Waals surface area contributed by atoms with E-state index >= 15 is 0 Å². The molecule has 2 heterocycles. The lowest BCUT2D eigenvalue weighted by atomic mass is 10.5. The Kier molecular flexibility index (Phi) is 2.28. The zero-order chi connectivity index (χ0) is 9.97.